The number of ether oxygens (including phenoxy) is 1. The van der Waals surface area contributed by atoms with Crippen LogP contribution in [0.4, 0.5) is 11.4 Å². The number of nitrogens with one attached hydrogen (secondary N) is 1. The number of benzene rings is 3. The van der Waals surface area contributed by atoms with Gasteiger partial charge in [0.25, 0.3) is 10.0 Å². The lowest BCUT2D eigenvalue weighted by atomic mass is 10.3. The van der Waals surface area contributed by atoms with Crippen molar-refractivity contribution in [2.24, 2.45) is 0 Å². The van der Waals surface area contributed by atoms with Gasteiger partial charge in [0.2, 0.25) is 5.91 Å². The molecule has 0 unspecified atom stereocenters. The molecule has 30 heavy (non-hydrogen) atoms. The standard InChI is InChI=1S/C21H18Cl2N2O4S/c1-29-20-11-10-16(13-19(20)23)24-21(26)14-25(17-7-5-6-15(22)12-17)30(27,28)18-8-3-2-4-9-18/h2-13H,14H2,1H3,(H,24,26). The van der Waals surface area contributed by atoms with Crippen molar-refractivity contribution in [3.63, 3.8) is 0 Å². The van der Waals surface area contributed by atoms with Gasteiger partial charge in [0.15, 0.2) is 0 Å². The van der Waals surface area contributed by atoms with Crippen LogP contribution in [0.1, 0.15) is 0 Å². The Balaban J connectivity index is 1.91. The van der Waals surface area contributed by atoms with Crippen molar-refractivity contribution in [3.8, 4) is 5.75 Å². The zero-order chi connectivity index (χ0) is 21.7. The number of sulfonamides is 1. The minimum atomic E-state index is -4.01. The Morgan fingerprint density at radius 2 is 1.73 bits per heavy atom. The summed E-state index contributed by atoms with van der Waals surface area (Å²) < 4.78 is 32.6. The molecule has 3 aromatic carbocycles. The normalized spacial score (nSPS) is 11.0. The van der Waals surface area contributed by atoms with Crippen LogP contribution in [-0.4, -0.2) is 28.0 Å². The lowest BCUT2D eigenvalue weighted by molar-refractivity contribution is -0.114. The largest absolute Gasteiger partial charge is 0.495 e. The van der Waals surface area contributed by atoms with Crippen molar-refractivity contribution < 1.29 is 17.9 Å². The van der Waals surface area contributed by atoms with Crippen LogP contribution in [0.3, 0.4) is 0 Å². The van der Waals surface area contributed by atoms with Gasteiger partial charge in [0.1, 0.15) is 12.3 Å². The van der Waals surface area contributed by atoms with E-state index in [-0.39, 0.29) is 10.6 Å². The fraction of sp³-hybridized carbons (Fsp3) is 0.0952. The van der Waals surface area contributed by atoms with Crippen LogP contribution >= 0.6 is 23.2 Å². The van der Waals surface area contributed by atoms with Crippen LogP contribution in [0.15, 0.2) is 77.7 Å². The summed E-state index contributed by atoms with van der Waals surface area (Å²) in [5.74, 6) is -0.0856. The zero-order valence-corrected chi connectivity index (χ0v) is 18.2. The first-order chi connectivity index (χ1) is 14.3. The molecule has 0 aliphatic heterocycles. The Bertz CT molecular complexity index is 1150. The van der Waals surface area contributed by atoms with Gasteiger partial charge < -0.3 is 10.1 Å². The van der Waals surface area contributed by atoms with Gasteiger partial charge in [0, 0.05) is 10.7 Å². The highest BCUT2D eigenvalue weighted by molar-refractivity contribution is 7.92. The average molecular weight is 465 g/mol. The summed E-state index contributed by atoms with van der Waals surface area (Å²) in [7, 11) is -2.53. The smallest absolute Gasteiger partial charge is 0.264 e. The lowest BCUT2D eigenvalue weighted by Crippen LogP contribution is -2.38. The van der Waals surface area contributed by atoms with Crippen LogP contribution in [0, 0.1) is 0 Å². The molecule has 0 fully saturated rings. The molecule has 156 valence electrons. The summed E-state index contributed by atoms with van der Waals surface area (Å²) in [6.07, 6.45) is 0. The van der Waals surface area contributed by atoms with Gasteiger partial charge in [-0.15, -0.1) is 0 Å². The summed E-state index contributed by atoms with van der Waals surface area (Å²) in [5.41, 5.74) is 0.684. The van der Waals surface area contributed by atoms with Gasteiger partial charge in [-0.25, -0.2) is 8.42 Å². The number of rotatable bonds is 7. The zero-order valence-electron chi connectivity index (χ0n) is 15.9. The molecule has 0 aliphatic rings. The quantitative estimate of drug-likeness (QED) is 0.542. The first kappa shape index (κ1) is 22.0. The number of hydrogen-bond acceptors (Lipinski definition) is 4. The maximum Gasteiger partial charge on any atom is 0.264 e. The molecule has 3 aromatic rings. The number of hydrogen-bond donors (Lipinski definition) is 1. The van der Waals surface area contributed by atoms with E-state index in [4.69, 9.17) is 27.9 Å². The van der Waals surface area contributed by atoms with E-state index in [1.807, 2.05) is 0 Å². The second-order valence-corrected chi connectivity index (χ2v) is 8.91. The molecule has 3 rings (SSSR count). The van der Waals surface area contributed by atoms with Gasteiger partial charge >= 0.3 is 0 Å². The molecule has 6 nitrogen and oxygen atoms in total. The lowest BCUT2D eigenvalue weighted by Gasteiger charge is -2.24. The number of nitrogens with zero attached hydrogens (tertiary/aromatic N) is 1. The molecular weight excluding hydrogens is 447 g/mol. The Morgan fingerprint density at radius 1 is 1.00 bits per heavy atom. The number of anilines is 2. The van der Waals surface area contributed by atoms with Crippen molar-refractivity contribution in [1.82, 2.24) is 0 Å². The van der Waals surface area contributed by atoms with Crippen LogP contribution in [0.2, 0.25) is 10.0 Å². The SMILES string of the molecule is COc1ccc(NC(=O)CN(c2cccc(Cl)c2)S(=O)(=O)c2ccccc2)cc1Cl. The van der Waals surface area contributed by atoms with Crippen molar-refractivity contribution in [2.75, 3.05) is 23.3 Å². The third-order valence-corrected chi connectivity index (χ3v) is 6.47. The monoisotopic (exact) mass is 464 g/mol. The maximum atomic E-state index is 13.2. The first-order valence-electron chi connectivity index (χ1n) is 8.78. The third kappa shape index (κ3) is 5.05. The van der Waals surface area contributed by atoms with Crippen LogP contribution < -0.4 is 14.4 Å². The second kappa shape index (κ2) is 9.38. The summed E-state index contributed by atoms with van der Waals surface area (Å²) in [5, 5.41) is 3.32. The van der Waals surface area contributed by atoms with Gasteiger partial charge in [-0.1, -0.05) is 47.5 Å². The molecule has 0 aromatic heterocycles. The van der Waals surface area contributed by atoms with Crippen molar-refractivity contribution in [2.45, 2.75) is 4.90 Å². The fourth-order valence-electron chi connectivity index (χ4n) is 2.74. The van der Waals surface area contributed by atoms with Crippen molar-refractivity contribution in [1.29, 1.82) is 0 Å². The van der Waals surface area contributed by atoms with Crippen LogP contribution in [0.5, 0.6) is 5.75 Å². The topological polar surface area (TPSA) is 75.7 Å². The van der Waals surface area contributed by atoms with E-state index in [2.05, 4.69) is 5.32 Å². The van der Waals surface area contributed by atoms with E-state index >= 15 is 0 Å². The predicted octanol–water partition coefficient (Wildman–Crippen LogP) is 4.84. The molecule has 0 aliphatic carbocycles. The first-order valence-corrected chi connectivity index (χ1v) is 11.0. The average Bonchev–Trinajstić information content (AvgIpc) is 2.72. The number of carbonyl (C=O) groups is 1. The summed E-state index contributed by atoms with van der Waals surface area (Å²) in [4.78, 5) is 12.8. The highest BCUT2D eigenvalue weighted by Crippen LogP contribution is 2.28. The minimum Gasteiger partial charge on any atom is -0.495 e. The van der Waals surface area contributed by atoms with E-state index in [0.717, 1.165) is 4.31 Å². The minimum absolute atomic E-state index is 0.0604. The predicted molar refractivity (Wildman–Crippen MR) is 119 cm³/mol. The molecule has 0 bridgehead atoms. The molecular formula is C21H18Cl2N2O4S. The molecule has 0 spiro atoms. The summed E-state index contributed by atoms with van der Waals surface area (Å²) in [6.45, 7) is -0.457. The third-order valence-electron chi connectivity index (χ3n) is 4.15. The Morgan fingerprint density at radius 3 is 2.37 bits per heavy atom. The Labute approximate surface area is 185 Å². The highest BCUT2D eigenvalue weighted by Gasteiger charge is 2.27. The molecule has 0 heterocycles. The van der Waals surface area contributed by atoms with Gasteiger partial charge in [-0.05, 0) is 48.5 Å². The number of carbonyl (C=O) groups excluding carboxylic acids is 1. The number of halogens is 2. The molecule has 0 radical (unpaired) electrons. The van der Waals surface area contributed by atoms with E-state index in [9.17, 15) is 13.2 Å². The van der Waals surface area contributed by atoms with Crippen molar-refractivity contribution >= 4 is 50.5 Å². The second-order valence-electron chi connectivity index (χ2n) is 6.20. The Hall–Kier alpha value is -2.74. The van der Waals surface area contributed by atoms with E-state index in [1.54, 1.807) is 48.5 Å². The number of amides is 1. The maximum absolute atomic E-state index is 13.2. The molecule has 9 heteroatoms. The van der Waals surface area contributed by atoms with Gasteiger partial charge in [-0.2, -0.15) is 0 Å². The molecule has 0 saturated heterocycles. The number of methoxy groups -OCH3 is 1. The summed E-state index contributed by atoms with van der Waals surface area (Å²) in [6, 6.07) is 18.9. The van der Waals surface area contributed by atoms with Crippen LogP contribution in [0.25, 0.3) is 0 Å². The highest BCUT2D eigenvalue weighted by atomic mass is 35.5. The van der Waals surface area contributed by atoms with Crippen molar-refractivity contribution in [3.05, 3.63) is 82.8 Å². The van der Waals surface area contributed by atoms with Gasteiger partial charge in [0.05, 0.1) is 22.7 Å². The molecule has 0 saturated carbocycles. The molecule has 0 atom stereocenters. The van der Waals surface area contributed by atoms with Crippen LogP contribution in [-0.2, 0) is 14.8 Å². The Kier molecular flexibility index (Phi) is 6.87. The van der Waals surface area contributed by atoms with E-state index < -0.39 is 22.5 Å². The van der Waals surface area contributed by atoms with E-state index in [0.29, 0.717) is 21.5 Å². The molecule has 1 amide bonds. The van der Waals surface area contributed by atoms with Gasteiger partial charge in [-0.3, -0.25) is 9.10 Å². The summed E-state index contributed by atoms with van der Waals surface area (Å²) >= 11 is 12.1. The van der Waals surface area contributed by atoms with E-state index in [1.165, 1.54) is 31.4 Å². The fourth-order valence-corrected chi connectivity index (χ4v) is 4.62. The molecule has 1 N–H and O–H groups in total.